The smallest absolute Gasteiger partial charge is 0.305 e. The molecule has 0 atom stereocenters. The van der Waals surface area contributed by atoms with Crippen molar-refractivity contribution in [3.63, 3.8) is 0 Å². The van der Waals surface area contributed by atoms with Crippen LogP contribution in [0.2, 0.25) is 0 Å². The highest BCUT2D eigenvalue weighted by Crippen LogP contribution is 2.07. The molecule has 0 bridgehead atoms. The van der Waals surface area contributed by atoms with E-state index in [0.717, 1.165) is 25.7 Å². The van der Waals surface area contributed by atoms with Crippen molar-refractivity contribution in [1.29, 1.82) is 0 Å². The fraction of sp³-hybridized carbons (Fsp3) is 0.682. The summed E-state index contributed by atoms with van der Waals surface area (Å²) < 4.78 is 4.89. The van der Waals surface area contributed by atoms with E-state index in [1.165, 1.54) is 44.9 Å². The third-order valence-electron chi connectivity index (χ3n) is 3.83. The SMILES string of the molecule is CCCCCCCCC=CCC=CC/C=C\CCCC(=O)OCC. The zero-order chi connectivity index (χ0) is 17.7. The Hall–Kier alpha value is -1.31. The predicted octanol–water partition coefficient (Wildman–Crippen LogP) is 6.92. The molecule has 0 spiro atoms. The van der Waals surface area contributed by atoms with Crippen LogP contribution in [0.15, 0.2) is 36.5 Å². The molecule has 2 heteroatoms. The number of rotatable bonds is 16. The Labute approximate surface area is 150 Å². The van der Waals surface area contributed by atoms with E-state index >= 15 is 0 Å². The number of carbonyl (C=O) groups is 1. The fourth-order valence-electron chi connectivity index (χ4n) is 2.42. The van der Waals surface area contributed by atoms with Crippen LogP contribution in [0, 0.1) is 0 Å². The van der Waals surface area contributed by atoms with Crippen LogP contribution in [0.25, 0.3) is 0 Å². The van der Waals surface area contributed by atoms with Gasteiger partial charge in [-0.3, -0.25) is 4.79 Å². The van der Waals surface area contributed by atoms with E-state index in [1.54, 1.807) is 0 Å². The Balaban J connectivity index is 3.35. The lowest BCUT2D eigenvalue weighted by Gasteiger charge is -1.98. The molecule has 0 N–H and O–H groups in total. The molecule has 0 aliphatic heterocycles. The lowest BCUT2D eigenvalue weighted by atomic mass is 10.1. The minimum Gasteiger partial charge on any atom is -0.466 e. The highest BCUT2D eigenvalue weighted by molar-refractivity contribution is 5.69. The second-order valence-corrected chi connectivity index (χ2v) is 6.14. The van der Waals surface area contributed by atoms with Crippen LogP contribution in [-0.2, 0) is 9.53 Å². The van der Waals surface area contributed by atoms with Gasteiger partial charge in [-0.05, 0) is 45.4 Å². The van der Waals surface area contributed by atoms with Gasteiger partial charge >= 0.3 is 5.97 Å². The quantitative estimate of drug-likeness (QED) is 0.174. The molecule has 0 radical (unpaired) electrons. The van der Waals surface area contributed by atoms with Gasteiger partial charge in [0.15, 0.2) is 0 Å². The zero-order valence-corrected chi connectivity index (χ0v) is 16.0. The van der Waals surface area contributed by atoms with Crippen LogP contribution >= 0.6 is 0 Å². The van der Waals surface area contributed by atoms with Gasteiger partial charge in [0, 0.05) is 6.42 Å². The average Bonchev–Trinajstić information content (AvgIpc) is 2.58. The molecule has 0 saturated carbocycles. The second-order valence-electron chi connectivity index (χ2n) is 6.14. The number of allylic oxidation sites excluding steroid dienone is 6. The Morgan fingerprint density at radius 1 is 0.708 bits per heavy atom. The number of unbranched alkanes of at least 4 members (excludes halogenated alkanes) is 7. The van der Waals surface area contributed by atoms with Crippen molar-refractivity contribution in [1.82, 2.24) is 0 Å². The maximum atomic E-state index is 11.1. The van der Waals surface area contributed by atoms with Crippen molar-refractivity contribution < 1.29 is 9.53 Å². The molecule has 138 valence electrons. The third kappa shape index (κ3) is 18.7. The lowest BCUT2D eigenvalue weighted by Crippen LogP contribution is -2.02. The van der Waals surface area contributed by atoms with Crippen LogP contribution in [0.3, 0.4) is 0 Å². The largest absolute Gasteiger partial charge is 0.466 e. The van der Waals surface area contributed by atoms with E-state index in [0.29, 0.717) is 13.0 Å². The molecule has 0 unspecified atom stereocenters. The molecule has 0 aromatic heterocycles. The zero-order valence-electron chi connectivity index (χ0n) is 16.0. The summed E-state index contributed by atoms with van der Waals surface area (Å²) in [5, 5.41) is 0. The molecule has 0 saturated heterocycles. The van der Waals surface area contributed by atoms with E-state index in [1.807, 2.05) is 6.92 Å². The van der Waals surface area contributed by atoms with E-state index in [4.69, 9.17) is 4.74 Å². The summed E-state index contributed by atoms with van der Waals surface area (Å²) in [7, 11) is 0. The number of hydrogen-bond donors (Lipinski definition) is 0. The molecule has 24 heavy (non-hydrogen) atoms. The summed E-state index contributed by atoms with van der Waals surface area (Å²) >= 11 is 0. The highest BCUT2D eigenvalue weighted by atomic mass is 16.5. The van der Waals surface area contributed by atoms with E-state index in [-0.39, 0.29) is 5.97 Å². The molecule has 0 aliphatic carbocycles. The standard InChI is InChI=1S/C22H38O2/c1-3-5-6-7-8-9-10-11-12-13-14-15-16-17-18-19-20-21-22(23)24-4-2/h11-12,14-15,17-18H,3-10,13,16,19-21H2,1-2H3/b12-11?,15-14?,18-17-. The van der Waals surface area contributed by atoms with Crippen molar-refractivity contribution in [2.75, 3.05) is 6.61 Å². The monoisotopic (exact) mass is 334 g/mol. The topological polar surface area (TPSA) is 26.3 Å². The Bertz CT molecular complexity index is 353. The molecule has 0 heterocycles. The first-order valence-electron chi connectivity index (χ1n) is 9.91. The molecule has 0 amide bonds. The van der Waals surface area contributed by atoms with Gasteiger partial charge in [-0.1, -0.05) is 75.5 Å². The van der Waals surface area contributed by atoms with Gasteiger partial charge in [0.05, 0.1) is 6.61 Å². The summed E-state index contributed by atoms with van der Waals surface area (Å²) in [5.41, 5.74) is 0. The summed E-state index contributed by atoms with van der Waals surface area (Å²) in [6.45, 7) is 4.58. The molecular formula is C22H38O2. The van der Waals surface area contributed by atoms with Gasteiger partial charge in [0.25, 0.3) is 0 Å². The Morgan fingerprint density at radius 2 is 1.25 bits per heavy atom. The van der Waals surface area contributed by atoms with Crippen LogP contribution < -0.4 is 0 Å². The number of esters is 1. The van der Waals surface area contributed by atoms with Crippen LogP contribution in [0.5, 0.6) is 0 Å². The van der Waals surface area contributed by atoms with E-state index in [9.17, 15) is 4.79 Å². The predicted molar refractivity (Wildman–Crippen MR) is 105 cm³/mol. The number of ether oxygens (including phenoxy) is 1. The Morgan fingerprint density at radius 3 is 1.88 bits per heavy atom. The second kappa shape index (κ2) is 19.7. The third-order valence-corrected chi connectivity index (χ3v) is 3.83. The summed E-state index contributed by atoms with van der Waals surface area (Å²) in [5.74, 6) is -0.0847. The first-order valence-corrected chi connectivity index (χ1v) is 9.91. The van der Waals surface area contributed by atoms with Gasteiger partial charge in [0.1, 0.15) is 0 Å². The average molecular weight is 335 g/mol. The lowest BCUT2D eigenvalue weighted by molar-refractivity contribution is -0.143. The maximum absolute atomic E-state index is 11.1. The Kier molecular flexibility index (Phi) is 18.7. The maximum Gasteiger partial charge on any atom is 0.305 e. The van der Waals surface area contributed by atoms with E-state index in [2.05, 4.69) is 43.4 Å². The van der Waals surface area contributed by atoms with Crippen molar-refractivity contribution in [2.24, 2.45) is 0 Å². The molecule has 0 rings (SSSR count). The normalized spacial score (nSPS) is 11.9. The number of hydrogen-bond acceptors (Lipinski definition) is 2. The minimum absolute atomic E-state index is 0.0847. The summed E-state index contributed by atoms with van der Waals surface area (Å²) in [6.07, 6.45) is 27.1. The van der Waals surface area contributed by atoms with E-state index < -0.39 is 0 Å². The van der Waals surface area contributed by atoms with Crippen LogP contribution in [0.4, 0.5) is 0 Å². The minimum atomic E-state index is -0.0847. The van der Waals surface area contributed by atoms with Crippen LogP contribution in [0.1, 0.15) is 90.9 Å². The highest BCUT2D eigenvalue weighted by Gasteiger charge is 1.98. The first kappa shape index (κ1) is 22.7. The van der Waals surface area contributed by atoms with Gasteiger partial charge in [-0.2, -0.15) is 0 Å². The fourth-order valence-corrected chi connectivity index (χ4v) is 2.42. The van der Waals surface area contributed by atoms with Crippen molar-refractivity contribution in [2.45, 2.75) is 90.9 Å². The molecule has 0 fully saturated rings. The van der Waals surface area contributed by atoms with Crippen molar-refractivity contribution in [3.05, 3.63) is 36.5 Å². The van der Waals surface area contributed by atoms with Gasteiger partial charge in [-0.25, -0.2) is 0 Å². The molecule has 0 aromatic rings. The van der Waals surface area contributed by atoms with Crippen molar-refractivity contribution >= 4 is 5.97 Å². The van der Waals surface area contributed by atoms with Gasteiger partial charge in [0.2, 0.25) is 0 Å². The summed E-state index contributed by atoms with van der Waals surface area (Å²) in [4.78, 5) is 11.1. The number of carbonyl (C=O) groups excluding carboxylic acids is 1. The van der Waals surface area contributed by atoms with Crippen LogP contribution in [-0.4, -0.2) is 12.6 Å². The first-order chi connectivity index (χ1) is 11.8. The summed E-state index contributed by atoms with van der Waals surface area (Å²) in [6, 6.07) is 0. The van der Waals surface area contributed by atoms with Gasteiger partial charge in [-0.15, -0.1) is 0 Å². The molecule has 0 aliphatic rings. The molecule has 2 nitrogen and oxygen atoms in total. The molecule has 0 aromatic carbocycles. The van der Waals surface area contributed by atoms with Gasteiger partial charge < -0.3 is 4.74 Å². The van der Waals surface area contributed by atoms with Crippen molar-refractivity contribution in [3.8, 4) is 0 Å². The molecular weight excluding hydrogens is 296 g/mol.